The molecule has 1 radical (unpaired) electrons. The molecule has 0 aliphatic heterocycles. The van der Waals surface area contributed by atoms with Crippen LogP contribution in [0.25, 0.3) is 86.6 Å². The smallest absolute Gasteiger partial charge is 0.681 e. The van der Waals surface area contributed by atoms with Crippen molar-refractivity contribution in [3.63, 3.8) is 0 Å². The summed E-state index contributed by atoms with van der Waals surface area (Å²) < 4.78 is 0. The number of hydrogen-bond acceptors (Lipinski definition) is 0. The van der Waals surface area contributed by atoms with Gasteiger partial charge in [-0.3, -0.25) is 0 Å². The van der Waals surface area contributed by atoms with E-state index in [0.717, 1.165) is 22.7 Å². The van der Waals surface area contributed by atoms with Crippen LogP contribution in [0.3, 0.4) is 0 Å². The second-order valence-corrected chi connectivity index (χ2v) is 20.4. The van der Waals surface area contributed by atoms with Gasteiger partial charge in [0.15, 0.2) is 0 Å². The van der Waals surface area contributed by atoms with Crippen molar-refractivity contribution in [1.29, 1.82) is 0 Å². The van der Waals surface area contributed by atoms with Gasteiger partial charge < -0.3 is 21.3 Å². The van der Waals surface area contributed by atoms with Crippen LogP contribution in [-0.4, -0.2) is 24.2 Å². The van der Waals surface area contributed by atoms with Gasteiger partial charge in [0.1, 0.15) is 0 Å². The summed E-state index contributed by atoms with van der Waals surface area (Å²) in [6.07, 6.45) is 25.5. The Hall–Kier alpha value is -3.88. The van der Waals surface area contributed by atoms with Crippen LogP contribution >= 0.6 is 0 Å². The third kappa shape index (κ3) is 11.6. The average molecular weight is 1070 g/mol. The predicted octanol–water partition coefficient (Wildman–Crippen LogP) is 17.7. The molecule has 0 bridgehead atoms. The maximum Gasteiger partial charge on any atom is 3.00 e. The SMILES string of the molecule is [Li+].[Yb+3].c1ccc2c(-c3c([N-]C4CCCCC4)ccc4ccccc34)c([N-]C3CCCCC3)ccc2c1.c1ccc2c(-c3c([N-]C4CCCCC4)ccc4ccccc34)c([N-]C3CCCCC3)ccc2c1. The van der Waals surface area contributed by atoms with E-state index in [1.807, 2.05) is 0 Å². The first-order chi connectivity index (χ1) is 33.7. The Kier molecular flexibility index (Phi) is 18.0. The Labute approximate surface area is 468 Å². The Bertz CT molecular complexity index is 2570. The van der Waals surface area contributed by atoms with Gasteiger partial charge in [0.05, 0.1) is 0 Å². The maximum atomic E-state index is 5.40. The number of hydrogen-bond donors (Lipinski definition) is 0. The van der Waals surface area contributed by atoms with Crippen LogP contribution < -0.4 is 18.9 Å². The second kappa shape index (κ2) is 24.7. The van der Waals surface area contributed by atoms with Crippen molar-refractivity contribution >= 4 is 65.8 Å². The minimum atomic E-state index is 0. The van der Waals surface area contributed by atoms with Crippen LogP contribution in [-0.2, 0) is 0 Å². The molecular formula is C64H68LiN4Yb. The monoisotopic (exact) mass is 1070 g/mol. The Morgan fingerprint density at radius 2 is 0.443 bits per heavy atom. The predicted molar refractivity (Wildman–Crippen MR) is 293 cm³/mol. The van der Waals surface area contributed by atoms with Crippen LogP contribution in [0.1, 0.15) is 128 Å². The second-order valence-electron chi connectivity index (χ2n) is 20.4. The molecule has 4 aliphatic rings. The van der Waals surface area contributed by atoms with Crippen LogP contribution in [0.4, 0.5) is 22.7 Å². The third-order valence-corrected chi connectivity index (χ3v) is 15.7. The third-order valence-electron chi connectivity index (χ3n) is 15.7. The summed E-state index contributed by atoms with van der Waals surface area (Å²) >= 11 is 0. The quantitative estimate of drug-likeness (QED) is 0.123. The fourth-order valence-corrected chi connectivity index (χ4v) is 12.1. The van der Waals surface area contributed by atoms with Crippen LogP contribution in [0.5, 0.6) is 0 Å². The van der Waals surface area contributed by atoms with Crippen molar-refractivity contribution < 1.29 is 65.8 Å². The summed E-state index contributed by atoms with van der Waals surface area (Å²) in [4.78, 5) is 0. The van der Waals surface area contributed by atoms with E-state index < -0.39 is 0 Å². The van der Waals surface area contributed by atoms with Gasteiger partial charge in [-0.05, 0) is 65.3 Å². The molecule has 70 heavy (non-hydrogen) atoms. The first-order valence-electron chi connectivity index (χ1n) is 26.6. The molecule has 0 aromatic heterocycles. The molecule has 4 saturated carbocycles. The summed E-state index contributed by atoms with van der Waals surface area (Å²) in [5.74, 6) is 0. The van der Waals surface area contributed by atoms with Crippen molar-refractivity contribution in [1.82, 2.24) is 0 Å². The van der Waals surface area contributed by atoms with E-state index in [4.69, 9.17) is 21.3 Å². The van der Waals surface area contributed by atoms with Crippen molar-refractivity contribution in [3.05, 3.63) is 167 Å². The van der Waals surface area contributed by atoms with Gasteiger partial charge >= 0.3 is 65.8 Å². The number of rotatable bonds is 10. The molecule has 0 N–H and O–H groups in total. The molecule has 4 fully saturated rings. The molecule has 6 heteroatoms. The Morgan fingerprint density at radius 1 is 0.243 bits per heavy atom. The zero-order valence-electron chi connectivity index (χ0n) is 41.4. The van der Waals surface area contributed by atoms with Crippen LogP contribution in [0.2, 0.25) is 0 Å². The first-order valence-corrected chi connectivity index (χ1v) is 26.6. The summed E-state index contributed by atoms with van der Waals surface area (Å²) in [6.45, 7) is 0. The topological polar surface area (TPSA) is 56.4 Å². The number of nitrogens with zero attached hydrogens (tertiary/aromatic N) is 4. The van der Waals surface area contributed by atoms with Gasteiger partial charge in [0, 0.05) is 0 Å². The van der Waals surface area contributed by atoms with Crippen molar-refractivity contribution in [3.8, 4) is 22.3 Å². The standard InChI is InChI=1S/2C32H34N2.Li.Yb/c2*1-3-13-25(14-4-1)33-29-21-19-23-11-7-9-17-27(23)31(29)32-28-18-10-8-12-24(28)20-22-30(32)34-26-15-5-2-6-16-26;;/h2*7-12,17-22,25-26H,1-6,13-16H2;;/q2*-2;+1;+3. The molecule has 0 atom stereocenters. The molecule has 0 spiro atoms. The molecule has 8 aromatic rings. The fourth-order valence-electron chi connectivity index (χ4n) is 12.1. The zero-order chi connectivity index (χ0) is 45.5. The molecule has 0 saturated heterocycles. The molecule has 8 aromatic carbocycles. The van der Waals surface area contributed by atoms with E-state index in [-0.39, 0.29) is 65.8 Å². The zero-order valence-corrected chi connectivity index (χ0v) is 43.1. The molecule has 4 nitrogen and oxygen atoms in total. The maximum absolute atomic E-state index is 5.40. The van der Waals surface area contributed by atoms with E-state index in [9.17, 15) is 0 Å². The van der Waals surface area contributed by atoms with Gasteiger partial charge in [0.2, 0.25) is 0 Å². The minimum absolute atomic E-state index is 0. The first kappa shape index (κ1) is 51.0. The van der Waals surface area contributed by atoms with E-state index in [2.05, 4.69) is 146 Å². The van der Waals surface area contributed by atoms with E-state index in [1.165, 1.54) is 194 Å². The number of benzene rings is 8. The molecule has 0 unspecified atom stereocenters. The van der Waals surface area contributed by atoms with Gasteiger partial charge in [0.25, 0.3) is 0 Å². The fraction of sp³-hybridized carbons (Fsp3) is 0.375. The molecule has 0 amide bonds. The Balaban J connectivity index is 0.000000169. The normalized spacial score (nSPS) is 17.3. The molecule has 12 rings (SSSR count). The summed E-state index contributed by atoms with van der Waals surface area (Å²) in [5.41, 5.74) is 9.66. The number of fused-ring (bicyclic) bond motifs is 4. The molecule has 359 valence electrons. The minimum Gasteiger partial charge on any atom is -0.681 e. The molecular weight excluding hydrogens is 1000 g/mol. The largest absolute Gasteiger partial charge is 3.00 e. The van der Waals surface area contributed by atoms with E-state index >= 15 is 0 Å². The van der Waals surface area contributed by atoms with Crippen molar-refractivity contribution in [2.45, 2.75) is 153 Å². The van der Waals surface area contributed by atoms with Gasteiger partial charge in [-0.2, -0.15) is 0 Å². The van der Waals surface area contributed by atoms with E-state index in [0.29, 0.717) is 24.2 Å². The summed E-state index contributed by atoms with van der Waals surface area (Å²) in [6, 6.07) is 55.0. The molecule has 0 heterocycles. The summed E-state index contributed by atoms with van der Waals surface area (Å²) in [7, 11) is 0. The Morgan fingerprint density at radius 3 is 0.657 bits per heavy atom. The van der Waals surface area contributed by atoms with Gasteiger partial charge in [-0.25, -0.2) is 0 Å². The van der Waals surface area contributed by atoms with Crippen LogP contribution in [0, 0.1) is 46.9 Å². The summed E-state index contributed by atoms with van der Waals surface area (Å²) in [5, 5.41) is 31.8. The van der Waals surface area contributed by atoms with E-state index in [1.54, 1.807) is 0 Å². The van der Waals surface area contributed by atoms with Crippen molar-refractivity contribution in [2.24, 2.45) is 0 Å². The van der Waals surface area contributed by atoms with Crippen LogP contribution in [0.15, 0.2) is 146 Å². The average Bonchev–Trinajstić information content (AvgIpc) is 3.40. The van der Waals surface area contributed by atoms with Gasteiger partial charge in [-0.1, -0.05) is 274 Å². The van der Waals surface area contributed by atoms with Crippen molar-refractivity contribution in [2.75, 3.05) is 0 Å². The van der Waals surface area contributed by atoms with Gasteiger partial charge in [-0.15, -0.1) is 46.9 Å². The molecule has 4 aliphatic carbocycles.